The number of aryl methyl sites for hydroxylation is 2. The first-order valence-corrected chi connectivity index (χ1v) is 13.9. The van der Waals surface area contributed by atoms with Crippen molar-refractivity contribution in [3.05, 3.63) is 56.9 Å². The summed E-state index contributed by atoms with van der Waals surface area (Å²) in [6.07, 6.45) is 2.92. The molecule has 1 saturated heterocycles. The maximum Gasteiger partial charge on any atom is 0.248 e. The molecule has 1 N–H and O–H groups in total. The number of aromatic nitrogens is 5. The van der Waals surface area contributed by atoms with E-state index in [0.717, 1.165) is 15.9 Å². The average molecular weight is 599 g/mol. The van der Waals surface area contributed by atoms with Crippen LogP contribution in [-0.2, 0) is 17.1 Å². The molecule has 0 unspecified atom stereocenters. The molecule has 1 aliphatic rings. The second-order valence-corrected chi connectivity index (χ2v) is 11.9. The van der Waals surface area contributed by atoms with E-state index in [4.69, 9.17) is 28.2 Å². The van der Waals surface area contributed by atoms with E-state index in [0.29, 0.717) is 48.0 Å². The molecule has 1 fully saturated rings. The molecule has 1 aromatic carbocycles. The molecule has 0 atom stereocenters. The molecule has 0 aliphatic carbocycles. The van der Waals surface area contributed by atoms with Gasteiger partial charge in [0.2, 0.25) is 10.0 Å². The Morgan fingerprint density at radius 1 is 1.17 bits per heavy atom. The Labute approximate surface area is 221 Å². The fourth-order valence-electron chi connectivity index (χ4n) is 4.33. The molecule has 0 saturated carbocycles. The van der Waals surface area contributed by atoms with Gasteiger partial charge in [-0.2, -0.15) is 19.0 Å². The first kappa shape index (κ1) is 24.5. The molecule has 184 valence electrons. The zero-order valence-electron chi connectivity index (χ0n) is 18.9. The monoisotopic (exact) mass is 597 g/mol. The highest BCUT2D eigenvalue weighted by molar-refractivity contribution is 9.10. The number of benzene rings is 1. The summed E-state index contributed by atoms with van der Waals surface area (Å²) in [6.45, 7) is 2.37. The number of halogens is 3. The first-order chi connectivity index (χ1) is 16.7. The molecule has 3 aromatic heterocycles. The maximum absolute atomic E-state index is 13.2. The number of anilines is 1. The van der Waals surface area contributed by atoms with Crippen molar-refractivity contribution in [1.82, 2.24) is 28.7 Å². The van der Waals surface area contributed by atoms with Crippen molar-refractivity contribution in [3.63, 3.8) is 0 Å². The summed E-state index contributed by atoms with van der Waals surface area (Å²) in [6, 6.07) is 9.49. The third kappa shape index (κ3) is 4.44. The molecule has 1 aliphatic heterocycles. The largest absolute Gasteiger partial charge is 0.367 e. The van der Waals surface area contributed by atoms with Gasteiger partial charge in [0.05, 0.1) is 22.1 Å². The number of sulfonamides is 1. The first-order valence-electron chi connectivity index (χ1n) is 10.9. The van der Waals surface area contributed by atoms with Gasteiger partial charge in [-0.3, -0.25) is 4.68 Å². The van der Waals surface area contributed by atoms with Gasteiger partial charge in [0.25, 0.3) is 0 Å². The molecular weight excluding hydrogens is 577 g/mol. The number of rotatable bonds is 5. The molecule has 5 rings (SSSR count). The van der Waals surface area contributed by atoms with E-state index >= 15 is 0 Å². The van der Waals surface area contributed by atoms with Crippen LogP contribution in [0, 0.1) is 6.92 Å². The number of hydrogen-bond acceptors (Lipinski definition) is 6. The summed E-state index contributed by atoms with van der Waals surface area (Å²) < 4.78 is 31.8. The topological polar surface area (TPSA) is 97.4 Å². The average Bonchev–Trinajstić information content (AvgIpc) is 3.32. The van der Waals surface area contributed by atoms with Crippen molar-refractivity contribution in [2.24, 2.45) is 7.05 Å². The molecule has 0 amide bonds. The number of hydrogen-bond donors (Lipinski definition) is 1. The fraction of sp³-hybridized carbons (Fsp3) is 0.318. The minimum atomic E-state index is -3.74. The summed E-state index contributed by atoms with van der Waals surface area (Å²) in [4.78, 5) is 4.82. The lowest BCUT2D eigenvalue weighted by atomic mass is 10.1. The number of nitrogens with one attached hydrogen (secondary N) is 1. The molecule has 0 radical (unpaired) electrons. The third-order valence-corrected chi connectivity index (χ3v) is 9.57. The van der Waals surface area contributed by atoms with Crippen molar-refractivity contribution in [1.29, 1.82) is 0 Å². The third-order valence-electron chi connectivity index (χ3n) is 6.08. The molecular formula is C22H22BrCl2N7O2S. The smallest absolute Gasteiger partial charge is 0.248 e. The maximum atomic E-state index is 13.2. The van der Waals surface area contributed by atoms with Crippen LogP contribution in [0.5, 0.6) is 0 Å². The summed E-state index contributed by atoms with van der Waals surface area (Å²) >= 11 is 16.2. The second kappa shape index (κ2) is 9.36. The highest BCUT2D eigenvalue weighted by Gasteiger charge is 2.34. The van der Waals surface area contributed by atoms with Gasteiger partial charge in [-0.1, -0.05) is 41.4 Å². The van der Waals surface area contributed by atoms with E-state index in [-0.39, 0.29) is 16.1 Å². The number of piperidine rings is 1. The Hall–Kier alpha value is -2.18. The molecule has 9 nitrogen and oxygen atoms in total. The lowest BCUT2D eigenvalue weighted by Crippen LogP contribution is -2.42. The number of nitrogens with zero attached hydrogens (tertiary/aromatic N) is 6. The SMILES string of the molecule is Cc1nn(C)c(Cl)c1S(=O)(=O)N1CCC(Nc2cc(-c3ccccc3Cl)nc3c(Br)cnn23)CC1. The van der Waals surface area contributed by atoms with Crippen LogP contribution in [0.1, 0.15) is 18.5 Å². The van der Waals surface area contributed by atoms with Crippen LogP contribution < -0.4 is 5.32 Å². The van der Waals surface area contributed by atoms with Crippen LogP contribution in [0.3, 0.4) is 0 Å². The summed E-state index contributed by atoms with van der Waals surface area (Å²) in [5, 5.41) is 12.9. The van der Waals surface area contributed by atoms with Gasteiger partial charge in [-0.05, 0) is 41.8 Å². The quantitative estimate of drug-likeness (QED) is 0.355. The minimum absolute atomic E-state index is 0.0413. The van der Waals surface area contributed by atoms with Gasteiger partial charge < -0.3 is 5.32 Å². The van der Waals surface area contributed by atoms with Crippen LogP contribution in [0.4, 0.5) is 5.82 Å². The van der Waals surface area contributed by atoms with Gasteiger partial charge >= 0.3 is 0 Å². The number of fused-ring (bicyclic) bond motifs is 1. The Morgan fingerprint density at radius 3 is 2.54 bits per heavy atom. The minimum Gasteiger partial charge on any atom is -0.367 e. The predicted octanol–water partition coefficient (Wildman–Crippen LogP) is 4.77. The van der Waals surface area contributed by atoms with E-state index in [9.17, 15) is 8.42 Å². The highest BCUT2D eigenvalue weighted by Crippen LogP contribution is 2.32. The Bertz CT molecular complexity index is 1530. The molecule has 0 bridgehead atoms. The Balaban J connectivity index is 1.39. The highest BCUT2D eigenvalue weighted by atomic mass is 79.9. The Morgan fingerprint density at radius 2 is 1.89 bits per heavy atom. The van der Waals surface area contributed by atoms with Crippen LogP contribution >= 0.6 is 39.1 Å². The summed E-state index contributed by atoms with van der Waals surface area (Å²) in [5.74, 6) is 0.753. The van der Waals surface area contributed by atoms with Crippen LogP contribution in [0.15, 0.2) is 45.9 Å². The summed E-state index contributed by atoms with van der Waals surface area (Å²) in [7, 11) is -2.11. The van der Waals surface area contributed by atoms with Gasteiger partial charge in [0.15, 0.2) is 5.65 Å². The normalized spacial score (nSPS) is 15.7. The van der Waals surface area contributed by atoms with Gasteiger partial charge in [0, 0.05) is 42.8 Å². The van der Waals surface area contributed by atoms with Crippen molar-refractivity contribution >= 4 is 60.6 Å². The second-order valence-electron chi connectivity index (χ2n) is 8.39. The van der Waals surface area contributed by atoms with Crippen LogP contribution in [0.2, 0.25) is 10.2 Å². The molecule has 13 heteroatoms. The zero-order chi connectivity index (χ0) is 24.9. The van der Waals surface area contributed by atoms with E-state index in [1.807, 2.05) is 30.3 Å². The van der Waals surface area contributed by atoms with Crippen LogP contribution in [-0.4, -0.2) is 56.2 Å². The lowest BCUT2D eigenvalue weighted by molar-refractivity contribution is 0.329. The Kier molecular flexibility index (Phi) is 6.56. The van der Waals surface area contributed by atoms with E-state index in [1.165, 1.54) is 8.99 Å². The van der Waals surface area contributed by atoms with Gasteiger partial charge in [0.1, 0.15) is 15.9 Å². The molecule has 4 heterocycles. The van der Waals surface area contributed by atoms with Crippen molar-refractivity contribution in [2.45, 2.75) is 30.7 Å². The fourth-order valence-corrected chi connectivity index (χ4v) is 7.08. The standard InChI is InChI=1S/C22H22BrCl2N7O2S/c1-13-20(21(25)30(2)29-13)35(33,34)31-9-7-14(8-10-31)27-19-11-18(15-5-3-4-6-17(15)24)28-22-16(23)12-26-32(19)22/h3-6,11-12,14,27H,7-10H2,1-2H3. The molecule has 4 aromatic rings. The zero-order valence-corrected chi connectivity index (χ0v) is 22.8. The lowest BCUT2D eigenvalue weighted by Gasteiger charge is -2.32. The molecule has 35 heavy (non-hydrogen) atoms. The van der Waals surface area contributed by atoms with E-state index in [1.54, 1.807) is 24.7 Å². The predicted molar refractivity (Wildman–Crippen MR) is 139 cm³/mol. The van der Waals surface area contributed by atoms with Crippen molar-refractivity contribution in [3.8, 4) is 11.3 Å². The van der Waals surface area contributed by atoms with E-state index in [2.05, 4.69) is 31.4 Å². The molecule has 0 spiro atoms. The summed E-state index contributed by atoms with van der Waals surface area (Å²) in [5.41, 5.74) is 2.59. The van der Waals surface area contributed by atoms with Gasteiger partial charge in [-0.25, -0.2) is 13.4 Å². The van der Waals surface area contributed by atoms with Gasteiger partial charge in [-0.15, -0.1) is 0 Å². The van der Waals surface area contributed by atoms with Crippen molar-refractivity contribution in [2.75, 3.05) is 18.4 Å². The van der Waals surface area contributed by atoms with Crippen molar-refractivity contribution < 1.29 is 8.42 Å². The van der Waals surface area contributed by atoms with E-state index < -0.39 is 10.0 Å². The van der Waals surface area contributed by atoms with Crippen LogP contribution in [0.25, 0.3) is 16.9 Å².